The first-order chi connectivity index (χ1) is 24.7. The molecule has 2 saturated heterocycles. The number of aryl methyl sites for hydroxylation is 1. The number of benzene rings is 2. The monoisotopic (exact) mass is 779 g/mol. The first-order valence-electron chi connectivity index (χ1n) is 18.0. The summed E-state index contributed by atoms with van der Waals surface area (Å²) in [6, 6.07) is 8.68. The van der Waals surface area contributed by atoms with Crippen LogP contribution in [0.2, 0.25) is 0 Å². The number of methoxy groups -OCH3 is 1. The molecular weight excluding hydrogens is 729 g/mol. The second-order valence-corrected chi connectivity index (χ2v) is 17.6. The van der Waals surface area contributed by atoms with Gasteiger partial charge in [-0.25, -0.2) is 4.98 Å². The van der Waals surface area contributed by atoms with Crippen LogP contribution in [0.25, 0.3) is 11.0 Å². The molecule has 2 aromatic carbocycles. The Morgan fingerprint density at radius 3 is 2.41 bits per heavy atom. The molecule has 0 radical (unpaired) electrons. The van der Waals surface area contributed by atoms with E-state index in [9.17, 15) is 4.57 Å². The van der Waals surface area contributed by atoms with Crippen molar-refractivity contribution in [3.05, 3.63) is 52.9 Å². The fraction of sp³-hybridized carbons (Fsp3) is 0.514. The Balaban J connectivity index is 1.14. The fourth-order valence-corrected chi connectivity index (χ4v) is 8.84. The van der Waals surface area contributed by atoms with Gasteiger partial charge in [0.2, 0.25) is 5.95 Å². The topological polar surface area (TPSA) is 121 Å². The Hall–Kier alpha value is -3.35. The van der Waals surface area contributed by atoms with Crippen molar-refractivity contribution in [2.75, 3.05) is 95.0 Å². The lowest BCUT2D eigenvalue weighted by molar-refractivity contribution is 0.0559. The van der Waals surface area contributed by atoms with E-state index in [1.54, 1.807) is 39.0 Å². The van der Waals surface area contributed by atoms with Gasteiger partial charge in [0.15, 0.2) is 0 Å². The number of piperazine rings is 1. The minimum absolute atomic E-state index is 0.404. The SMILES string of the molecule is CCCOCCN1CCN(C2CCN(c3cc(OC)c(Nc4ncc(Br)c(Nc5ccc6nccnc6c5P(C)(C)=O)n4)cc3CC)CC2)CC1. The quantitative estimate of drug-likeness (QED) is 0.107. The summed E-state index contributed by atoms with van der Waals surface area (Å²) >= 11 is 3.60. The van der Waals surface area contributed by atoms with Crippen LogP contribution in [0.5, 0.6) is 5.75 Å². The summed E-state index contributed by atoms with van der Waals surface area (Å²) in [6.45, 7) is 17.1. The van der Waals surface area contributed by atoms with Crippen molar-refractivity contribution in [2.24, 2.45) is 0 Å². The molecule has 0 aliphatic carbocycles. The van der Waals surface area contributed by atoms with E-state index in [4.69, 9.17) is 14.5 Å². The van der Waals surface area contributed by atoms with Gasteiger partial charge in [0.1, 0.15) is 24.2 Å². The summed E-state index contributed by atoms with van der Waals surface area (Å²) in [7, 11) is -1.04. The molecule has 2 N–H and O–H groups in total. The highest BCUT2D eigenvalue weighted by Gasteiger charge is 2.29. The number of piperidine rings is 1. The number of aromatic nitrogens is 4. The smallest absolute Gasteiger partial charge is 0.229 e. The van der Waals surface area contributed by atoms with Crippen LogP contribution in [0, 0.1) is 0 Å². The van der Waals surface area contributed by atoms with Gasteiger partial charge >= 0.3 is 0 Å². The maximum atomic E-state index is 13.5. The molecule has 4 aromatic rings. The molecule has 2 aliphatic rings. The number of nitrogens with one attached hydrogen (secondary N) is 2. The zero-order valence-electron chi connectivity index (χ0n) is 30.5. The van der Waals surface area contributed by atoms with E-state index in [1.165, 1.54) is 11.3 Å². The first kappa shape index (κ1) is 37.4. The van der Waals surface area contributed by atoms with Crippen molar-refractivity contribution >= 4 is 68.2 Å². The molecule has 12 nitrogen and oxygen atoms in total. The van der Waals surface area contributed by atoms with Gasteiger partial charge in [0, 0.05) is 88.8 Å². The summed E-state index contributed by atoms with van der Waals surface area (Å²) < 4.78 is 25.8. The summed E-state index contributed by atoms with van der Waals surface area (Å²) in [5, 5.41) is 7.42. The minimum atomic E-state index is -2.74. The third-order valence-corrected chi connectivity index (χ3v) is 11.9. The van der Waals surface area contributed by atoms with Crippen LogP contribution in [0.15, 0.2) is 47.3 Å². The second-order valence-electron chi connectivity index (χ2n) is 13.6. The molecule has 0 atom stereocenters. The lowest BCUT2D eigenvalue weighted by atomic mass is 9.99. The van der Waals surface area contributed by atoms with Crippen molar-refractivity contribution in [2.45, 2.75) is 45.6 Å². The number of anilines is 5. The molecule has 274 valence electrons. The normalized spacial score (nSPS) is 16.5. The van der Waals surface area contributed by atoms with Crippen LogP contribution in [-0.2, 0) is 15.7 Å². The summed E-state index contributed by atoms with van der Waals surface area (Å²) in [5.41, 5.74) is 5.24. The van der Waals surface area contributed by atoms with Crippen molar-refractivity contribution in [3.8, 4) is 5.75 Å². The van der Waals surface area contributed by atoms with E-state index in [2.05, 4.69) is 82.2 Å². The second kappa shape index (κ2) is 17.0. The molecule has 4 heterocycles. The third kappa shape index (κ3) is 9.00. The van der Waals surface area contributed by atoms with Crippen LogP contribution in [-0.4, -0.2) is 115 Å². The van der Waals surface area contributed by atoms with Crippen molar-refractivity contribution in [3.63, 3.8) is 0 Å². The van der Waals surface area contributed by atoms with Crippen molar-refractivity contribution < 1.29 is 14.0 Å². The highest BCUT2D eigenvalue weighted by molar-refractivity contribution is 9.10. The standard InChI is InChI=1S/C37H51BrN9O3P/c1-6-21-50-22-20-45-16-18-46(19-17-45)27-10-14-47(15-11-27)32-24-33(49-3)31(23-26(32)7-2)43-37-41-25-28(38)36(44-37)42-30-9-8-29-34(40-13-12-39-29)35(30)51(4,5)48/h8-9,12-13,23-25,27H,6-7,10-11,14-22H2,1-5H3,(H2,41,42,43,44). The Kier molecular flexibility index (Phi) is 12.5. The molecular formula is C37H51BrN9O3P. The molecule has 0 spiro atoms. The summed E-state index contributed by atoms with van der Waals surface area (Å²) in [4.78, 5) is 26.0. The van der Waals surface area contributed by atoms with Gasteiger partial charge in [0.05, 0.1) is 40.4 Å². The third-order valence-electron chi connectivity index (χ3n) is 9.81. The van der Waals surface area contributed by atoms with Crippen LogP contribution in [0.1, 0.15) is 38.7 Å². The predicted octanol–water partition coefficient (Wildman–Crippen LogP) is 6.50. The van der Waals surface area contributed by atoms with E-state index in [-0.39, 0.29) is 0 Å². The highest BCUT2D eigenvalue weighted by Crippen LogP contribution is 2.42. The van der Waals surface area contributed by atoms with E-state index in [0.717, 1.165) is 96.1 Å². The number of nitrogens with zero attached hydrogens (tertiary/aromatic N) is 7. The Bertz CT molecular complexity index is 1840. The van der Waals surface area contributed by atoms with Gasteiger partial charge in [0.25, 0.3) is 0 Å². The maximum Gasteiger partial charge on any atom is 0.229 e. The summed E-state index contributed by atoms with van der Waals surface area (Å²) in [6.07, 6.45) is 9.23. The molecule has 0 saturated carbocycles. The van der Waals surface area contributed by atoms with E-state index in [1.807, 2.05) is 12.1 Å². The van der Waals surface area contributed by atoms with Gasteiger partial charge < -0.3 is 29.6 Å². The Morgan fingerprint density at radius 1 is 0.941 bits per heavy atom. The molecule has 0 unspecified atom stereocenters. The molecule has 2 aliphatic heterocycles. The highest BCUT2D eigenvalue weighted by atomic mass is 79.9. The molecule has 6 rings (SSSR count). The fourth-order valence-electron chi connectivity index (χ4n) is 7.15. The molecule has 2 fully saturated rings. The number of hydrogen-bond donors (Lipinski definition) is 2. The van der Waals surface area contributed by atoms with Crippen molar-refractivity contribution in [1.82, 2.24) is 29.7 Å². The molecule has 0 amide bonds. The van der Waals surface area contributed by atoms with Gasteiger partial charge in [-0.3, -0.25) is 19.8 Å². The lowest BCUT2D eigenvalue weighted by Crippen LogP contribution is -2.53. The van der Waals surface area contributed by atoms with E-state index in [0.29, 0.717) is 44.3 Å². The van der Waals surface area contributed by atoms with Crippen LogP contribution in [0.3, 0.4) is 0 Å². The largest absolute Gasteiger partial charge is 0.494 e. The average molecular weight is 781 g/mol. The number of fused-ring (bicyclic) bond motifs is 1. The molecule has 2 aromatic heterocycles. The lowest BCUT2D eigenvalue weighted by Gasteiger charge is -2.43. The van der Waals surface area contributed by atoms with Gasteiger partial charge in [-0.15, -0.1) is 0 Å². The van der Waals surface area contributed by atoms with E-state index < -0.39 is 7.14 Å². The minimum Gasteiger partial charge on any atom is -0.494 e. The van der Waals surface area contributed by atoms with E-state index >= 15 is 0 Å². The zero-order chi connectivity index (χ0) is 36.0. The van der Waals surface area contributed by atoms with Crippen LogP contribution < -0.4 is 25.6 Å². The predicted molar refractivity (Wildman–Crippen MR) is 212 cm³/mol. The maximum absolute atomic E-state index is 13.5. The van der Waals surface area contributed by atoms with Gasteiger partial charge in [-0.2, -0.15) is 4.98 Å². The molecule has 0 bridgehead atoms. The number of ether oxygens (including phenoxy) is 2. The Labute approximate surface area is 310 Å². The van der Waals surface area contributed by atoms with Gasteiger partial charge in [-0.1, -0.05) is 13.8 Å². The summed E-state index contributed by atoms with van der Waals surface area (Å²) in [5.74, 6) is 1.67. The van der Waals surface area contributed by atoms with Gasteiger partial charge in [-0.05, 0) is 78.7 Å². The average Bonchev–Trinajstić information content (AvgIpc) is 3.14. The number of rotatable bonds is 14. The Morgan fingerprint density at radius 2 is 1.71 bits per heavy atom. The number of hydrogen-bond acceptors (Lipinski definition) is 12. The molecule has 51 heavy (non-hydrogen) atoms. The number of halogens is 1. The van der Waals surface area contributed by atoms with Crippen LogP contribution >= 0.6 is 23.1 Å². The first-order valence-corrected chi connectivity index (χ1v) is 21.4. The zero-order valence-corrected chi connectivity index (χ0v) is 33.0. The molecule has 14 heteroatoms. The van der Waals surface area contributed by atoms with Crippen molar-refractivity contribution in [1.29, 1.82) is 0 Å². The van der Waals surface area contributed by atoms with Crippen LogP contribution in [0.4, 0.5) is 28.8 Å².